The van der Waals surface area contributed by atoms with Gasteiger partial charge >= 0.3 is 0 Å². The number of hydrogen-bond acceptors (Lipinski definition) is 10. The number of likely N-dealkylation sites (N-methyl/N-ethyl adjacent to an activating group) is 2. The van der Waals surface area contributed by atoms with E-state index >= 15 is 0 Å². The first kappa shape index (κ1) is 59.2. The molecule has 8 unspecified atom stereocenters. The van der Waals surface area contributed by atoms with Gasteiger partial charge in [0, 0.05) is 62.2 Å². The molecule has 18 heteroatoms. The van der Waals surface area contributed by atoms with Gasteiger partial charge in [-0.05, 0) is 103 Å². The number of nitrogens with zero attached hydrogens (tertiary/aromatic N) is 6. The van der Waals surface area contributed by atoms with Crippen LogP contribution in [-0.4, -0.2) is 152 Å². The SMILES string of the molecule is C=CC=C(C=C)c1cccc2[nH]c(C3CCC4CCN(C(=O)CCCCCCCCCCC(=O)N5CCC6CCC(c7nc8c(-c9ccccc9)cccc8[nH]7)N6C(=O)C(NC(=O)C(C)NC)C5)CC(NC(=O)C(C)NC)C(=O)N43)nc12. The van der Waals surface area contributed by atoms with Crippen LogP contribution in [0, 0.1) is 0 Å². The summed E-state index contributed by atoms with van der Waals surface area (Å²) in [6.45, 7) is 12.5. The number of aromatic nitrogens is 4. The van der Waals surface area contributed by atoms with Crippen LogP contribution in [0.25, 0.3) is 38.8 Å². The summed E-state index contributed by atoms with van der Waals surface area (Å²) in [4.78, 5) is 109. The minimum Gasteiger partial charge on any atom is -0.341 e. The van der Waals surface area contributed by atoms with Crippen molar-refractivity contribution in [1.29, 1.82) is 0 Å². The molecule has 4 fully saturated rings. The van der Waals surface area contributed by atoms with Crippen LogP contribution in [0.1, 0.15) is 146 Å². The number of carbonyl (C=O) groups is 6. The number of H-pyrrole nitrogens is 2. The second-order valence-electron chi connectivity index (χ2n) is 22.8. The summed E-state index contributed by atoms with van der Waals surface area (Å²) in [6.07, 6.45) is 17.6. The Balaban J connectivity index is 0.735. The smallest absolute Gasteiger partial charge is 0.247 e. The monoisotopic (exact) mass is 1120 g/mol. The molecule has 18 nitrogen and oxygen atoms in total. The molecule has 4 aliphatic heterocycles. The maximum absolute atomic E-state index is 14.7. The third-order valence-corrected chi connectivity index (χ3v) is 17.5. The second-order valence-corrected chi connectivity index (χ2v) is 22.8. The van der Waals surface area contributed by atoms with Crippen LogP contribution in [0.2, 0.25) is 0 Å². The van der Waals surface area contributed by atoms with Crippen LogP contribution < -0.4 is 21.3 Å². The quantitative estimate of drug-likeness (QED) is 0.0272. The van der Waals surface area contributed by atoms with E-state index in [9.17, 15) is 28.8 Å². The Bertz CT molecular complexity index is 3130. The minimum atomic E-state index is -0.917. The Morgan fingerprint density at radius 1 is 0.610 bits per heavy atom. The van der Waals surface area contributed by atoms with E-state index in [1.807, 2.05) is 64.4 Å². The highest BCUT2D eigenvalue weighted by Gasteiger charge is 2.46. The van der Waals surface area contributed by atoms with Gasteiger partial charge < -0.3 is 50.8 Å². The van der Waals surface area contributed by atoms with Crippen LogP contribution in [0.15, 0.2) is 98.1 Å². The van der Waals surface area contributed by atoms with Gasteiger partial charge in [-0.15, -0.1) is 0 Å². The first-order chi connectivity index (χ1) is 39.8. The van der Waals surface area contributed by atoms with E-state index in [1.165, 1.54) is 0 Å². The molecule has 4 saturated heterocycles. The first-order valence-electron chi connectivity index (χ1n) is 30.0. The lowest BCUT2D eigenvalue weighted by molar-refractivity contribution is -0.144. The Morgan fingerprint density at radius 2 is 1.09 bits per heavy atom. The molecule has 4 aliphatic rings. The lowest BCUT2D eigenvalue weighted by Crippen LogP contribution is -2.60. The predicted octanol–water partition coefficient (Wildman–Crippen LogP) is 8.18. The van der Waals surface area contributed by atoms with Gasteiger partial charge in [0.15, 0.2) is 0 Å². The third-order valence-electron chi connectivity index (χ3n) is 17.5. The maximum Gasteiger partial charge on any atom is 0.247 e. The number of amides is 6. The molecule has 2 aromatic heterocycles. The van der Waals surface area contributed by atoms with Crippen molar-refractivity contribution in [3.8, 4) is 11.1 Å². The van der Waals surface area contributed by atoms with Crippen molar-refractivity contribution in [2.45, 2.75) is 165 Å². The Kier molecular flexibility index (Phi) is 19.9. The lowest BCUT2D eigenvalue weighted by Gasteiger charge is -2.39. The molecule has 0 saturated carbocycles. The van der Waals surface area contributed by atoms with Gasteiger partial charge in [0.2, 0.25) is 35.4 Å². The zero-order valence-corrected chi connectivity index (χ0v) is 48.4. The number of benzene rings is 3. The van der Waals surface area contributed by atoms with E-state index in [4.69, 9.17) is 9.97 Å². The Morgan fingerprint density at radius 3 is 1.57 bits per heavy atom. The highest BCUT2D eigenvalue weighted by atomic mass is 16.2. The number of fused-ring (bicyclic) bond motifs is 4. The molecule has 82 heavy (non-hydrogen) atoms. The van der Waals surface area contributed by atoms with Crippen molar-refractivity contribution in [1.82, 2.24) is 60.8 Å². The summed E-state index contributed by atoms with van der Waals surface area (Å²) < 4.78 is 0. The van der Waals surface area contributed by atoms with Crippen molar-refractivity contribution < 1.29 is 28.8 Å². The van der Waals surface area contributed by atoms with E-state index in [2.05, 4.69) is 62.6 Å². The molecule has 9 rings (SSSR count). The lowest BCUT2D eigenvalue weighted by atomic mass is 10.0. The van der Waals surface area contributed by atoms with Crippen LogP contribution >= 0.6 is 0 Å². The number of unbranched alkanes of at least 4 members (excludes halogenated alkanes) is 7. The van der Waals surface area contributed by atoms with Crippen LogP contribution in [0.5, 0.6) is 0 Å². The number of para-hydroxylation sites is 2. The number of allylic oxidation sites excluding steroid dienone is 4. The number of imidazole rings is 2. The van der Waals surface area contributed by atoms with Gasteiger partial charge in [-0.3, -0.25) is 28.8 Å². The number of nitrogens with one attached hydrogen (secondary N) is 6. The summed E-state index contributed by atoms with van der Waals surface area (Å²) in [5.74, 6) is 0.423. The Hall–Kier alpha value is -7.44. The first-order valence-corrected chi connectivity index (χ1v) is 30.0. The zero-order chi connectivity index (χ0) is 57.9. The molecule has 6 heterocycles. The topological polar surface area (TPSA) is 221 Å². The molecular formula is C64H84N12O6. The van der Waals surface area contributed by atoms with Crippen molar-refractivity contribution in [2.75, 3.05) is 40.3 Å². The zero-order valence-electron chi connectivity index (χ0n) is 48.4. The molecule has 0 radical (unpaired) electrons. The van der Waals surface area contributed by atoms with E-state index in [0.717, 1.165) is 121 Å². The van der Waals surface area contributed by atoms with Crippen LogP contribution in [0.4, 0.5) is 0 Å². The summed E-state index contributed by atoms with van der Waals surface area (Å²) in [5, 5.41) is 12.0. The average Bonchev–Trinajstić information content (AvgIpc) is 4.44. The van der Waals surface area contributed by atoms with Gasteiger partial charge in [0.25, 0.3) is 0 Å². The van der Waals surface area contributed by atoms with Gasteiger partial charge in [-0.1, -0.05) is 125 Å². The summed E-state index contributed by atoms with van der Waals surface area (Å²) >= 11 is 0. The van der Waals surface area contributed by atoms with E-state index in [1.54, 1.807) is 49.9 Å². The average molecular weight is 1120 g/mol. The molecule has 0 bridgehead atoms. The molecular weight excluding hydrogens is 1030 g/mol. The highest BCUT2D eigenvalue weighted by molar-refractivity contribution is 5.95. The fourth-order valence-corrected chi connectivity index (χ4v) is 12.6. The van der Waals surface area contributed by atoms with Gasteiger partial charge in [0.05, 0.1) is 46.2 Å². The predicted molar refractivity (Wildman–Crippen MR) is 321 cm³/mol. The molecule has 5 aromatic rings. The molecule has 6 N–H and O–H groups in total. The van der Waals surface area contributed by atoms with Crippen LogP contribution in [-0.2, 0) is 28.8 Å². The molecule has 0 spiro atoms. The summed E-state index contributed by atoms with van der Waals surface area (Å²) in [5.41, 5.74) is 7.29. The molecule has 8 atom stereocenters. The van der Waals surface area contributed by atoms with E-state index in [0.29, 0.717) is 51.0 Å². The number of aromatic amines is 2. The minimum absolute atomic E-state index is 0.000336. The normalized spacial score (nSPS) is 22.2. The second kappa shape index (κ2) is 27.6. The summed E-state index contributed by atoms with van der Waals surface area (Å²) in [7, 11) is 3.41. The van der Waals surface area contributed by atoms with Gasteiger partial charge in [0.1, 0.15) is 23.7 Å². The van der Waals surface area contributed by atoms with Crippen molar-refractivity contribution in [3.63, 3.8) is 0 Å². The highest BCUT2D eigenvalue weighted by Crippen LogP contribution is 2.41. The van der Waals surface area contributed by atoms with E-state index < -0.39 is 24.2 Å². The molecule has 436 valence electrons. The summed E-state index contributed by atoms with van der Waals surface area (Å²) in [6, 6.07) is 18.5. The molecule has 0 aliphatic carbocycles. The molecule has 3 aromatic carbocycles. The van der Waals surface area contributed by atoms with Crippen molar-refractivity contribution in [3.05, 3.63) is 115 Å². The van der Waals surface area contributed by atoms with Gasteiger partial charge in [-0.25, -0.2) is 9.97 Å². The number of hydrogen-bond donors (Lipinski definition) is 6. The fraction of sp³-hybridized carbons (Fsp3) is 0.500. The standard InChI is InChI=1S/C64H84N12O6/c1-7-22-43(8-2)47-25-20-27-49-57(47)71-59(67-49)53-33-31-45-35-37-73(39-51(63(81)75(45)53)69-61(79)41(3)65-5)55(77)29-18-13-11-9-10-12-14-19-30-56(78)74-38-36-46-32-34-54(76(46)64(82)52(40-74)70-62(80)42(4)66-6)60-68-50-28-21-26-48(58(50)72-60)44-23-16-15-17-24-44/h7-8,15-17,20-28,41-42,45-46,51-54,65-66H,1-2,9-14,18-19,29-40H2,3-6H3,(H,67,71)(H,68,72)(H,69,79)(H,70,80). The van der Waals surface area contributed by atoms with E-state index in [-0.39, 0.29) is 72.7 Å². The van der Waals surface area contributed by atoms with Gasteiger partial charge in [-0.2, -0.15) is 0 Å². The van der Waals surface area contributed by atoms with Crippen molar-refractivity contribution in [2.24, 2.45) is 0 Å². The van der Waals surface area contributed by atoms with Crippen molar-refractivity contribution >= 4 is 63.1 Å². The maximum atomic E-state index is 14.7. The van der Waals surface area contributed by atoms with Crippen LogP contribution in [0.3, 0.4) is 0 Å². The third kappa shape index (κ3) is 13.4. The number of rotatable bonds is 23. The fourth-order valence-electron chi connectivity index (χ4n) is 12.6. The molecule has 6 amide bonds. The number of carbonyl (C=O) groups excluding carboxylic acids is 6. The largest absolute Gasteiger partial charge is 0.341 e. The Labute approximate surface area is 482 Å².